The van der Waals surface area contributed by atoms with Crippen LogP contribution in [0.25, 0.3) is 0 Å². The van der Waals surface area contributed by atoms with E-state index in [2.05, 4.69) is 5.32 Å². The van der Waals surface area contributed by atoms with Crippen molar-refractivity contribution < 1.29 is 20.4 Å². The zero-order valence-corrected chi connectivity index (χ0v) is 10.0. The van der Waals surface area contributed by atoms with E-state index in [0.717, 1.165) is 0 Å². The number of nitrogens with one attached hydrogen (secondary N) is 1. The normalized spacial score (nSPS) is 13.6. The minimum absolute atomic E-state index is 0.0411. The Kier molecular flexibility index (Phi) is 4.34. The first-order valence-corrected chi connectivity index (χ1v) is 5.41. The zero-order chi connectivity index (χ0) is 13.1. The molecule has 1 atom stereocenters. The van der Waals surface area contributed by atoms with Gasteiger partial charge in [0.15, 0.2) is 11.5 Å². The molecule has 0 heterocycles. The topological polar surface area (TPSA) is 93.0 Å². The van der Waals surface area contributed by atoms with E-state index < -0.39 is 11.6 Å². The van der Waals surface area contributed by atoms with Crippen molar-refractivity contribution in [1.82, 2.24) is 5.32 Å². The Morgan fingerprint density at radius 2 is 1.88 bits per heavy atom. The van der Waals surface area contributed by atoms with Crippen molar-refractivity contribution in [1.29, 1.82) is 0 Å². The van der Waals surface area contributed by atoms with Crippen molar-refractivity contribution >= 4 is 0 Å². The average Bonchev–Trinajstić information content (AvgIpc) is 2.30. The van der Waals surface area contributed by atoms with E-state index in [9.17, 15) is 10.2 Å². The molecule has 0 aliphatic heterocycles. The van der Waals surface area contributed by atoms with Crippen LogP contribution in [0.5, 0.6) is 11.5 Å². The molecule has 0 aliphatic carbocycles. The Morgan fingerprint density at radius 3 is 2.41 bits per heavy atom. The standard InChI is InChI=1S/C12H19NO4/c1-12(2,7-14)13-6-11(17)8-3-4-9(15)10(16)5-8/h3-5,11,13-17H,6-7H2,1-2H3. The fraction of sp³-hybridized carbons (Fsp3) is 0.500. The zero-order valence-electron chi connectivity index (χ0n) is 10.0. The lowest BCUT2D eigenvalue weighted by Crippen LogP contribution is -2.44. The van der Waals surface area contributed by atoms with Crippen molar-refractivity contribution in [2.24, 2.45) is 0 Å². The smallest absolute Gasteiger partial charge is 0.157 e. The summed E-state index contributed by atoms with van der Waals surface area (Å²) in [4.78, 5) is 0. The van der Waals surface area contributed by atoms with E-state index >= 15 is 0 Å². The van der Waals surface area contributed by atoms with Crippen LogP contribution in [0.4, 0.5) is 0 Å². The van der Waals surface area contributed by atoms with Gasteiger partial charge in [0, 0.05) is 12.1 Å². The highest BCUT2D eigenvalue weighted by Gasteiger charge is 2.18. The first-order valence-electron chi connectivity index (χ1n) is 5.41. The van der Waals surface area contributed by atoms with Gasteiger partial charge in [-0.1, -0.05) is 6.07 Å². The number of aliphatic hydroxyl groups excluding tert-OH is 2. The summed E-state index contributed by atoms with van der Waals surface area (Å²) in [5.41, 5.74) is 0.0291. The number of β-amino-alcohol motifs (C(OH)–C–C–N with tert-alkyl or cyclic N) is 1. The van der Waals surface area contributed by atoms with Crippen LogP contribution in [-0.4, -0.2) is 39.1 Å². The van der Waals surface area contributed by atoms with Crippen LogP contribution in [-0.2, 0) is 0 Å². The molecule has 1 rings (SSSR count). The Labute approximate surface area is 100 Å². The third-order valence-electron chi connectivity index (χ3n) is 2.55. The first-order chi connectivity index (χ1) is 7.85. The predicted molar refractivity (Wildman–Crippen MR) is 63.9 cm³/mol. The second-order valence-electron chi connectivity index (χ2n) is 4.69. The largest absolute Gasteiger partial charge is 0.504 e. The molecule has 0 fully saturated rings. The van der Waals surface area contributed by atoms with Gasteiger partial charge in [0.1, 0.15) is 0 Å². The fourth-order valence-corrected chi connectivity index (χ4v) is 1.29. The molecule has 5 nitrogen and oxygen atoms in total. The monoisotopic (exact) mass is 241 g/mol. The summed E-state index contributed by atoms with van der Waals surface area (Å²) in [7, 11) is 0. The Balaban J connectivity index is 2.64. The summed E-state index contributed by atoms with van der Waals surface area (Å²) < 4.78 is 0. The first kappa shape index (κ1) is 13.8. The van der Waals surface area contributed by atoms with Crippen LogP contribution in [0.1, 0.15) is 25.5 Å². The van der Waals surface area contributed by atoms with Crippen LogP contribution < -0.4 is 5.32 Å². The highest BCUT2D eigenvalue weighted by molar-refractivity contribution is 5.41. The second kappa shape index (κ2) is 5.35. The molecule has 0 saturated carbocycles. The van der Waals surface area contributed by atoms with E-state index in [1.54, 1.807) is 0 Å². The van der Waals surface area contributed by atoms with Crippen molar-refractivity contribution in [3.8, 4) is 11.5 Å². The van der Waals surface area contributed by atoms with Gasteiger partial charge in [0.2, 0.25) is 0 Å². The van der Waals surface area contributed by atoms with E-state index in [-0.39, 0.29) is 24.7 Å². The summed E-state index contributed by atoms with van der Waals surface area (Å²) in [5.74, 6) is -0.479. The summed E-state index contributed by atoms with van der Waals surface area (Å²) in [6, 6.07) is 4.17. The van der Waals surface area contributed by atoms with Gasteiger partial charge >= 0.3 is 0 Å². The van der Waals surface area contributed by atoms with Crippen molar-refractivity contribution in [3.63, 3.8) is 0 Å². The molecule has 5 heteroatoms. The number of benzene rings is 1. The SMILES string of the molecule is CC(C)(CO)NCC(O)c1ccc(O)c(O)c1. The molecule has 0 spiro atoms. The van der Waals surface area contributed by atoms with Crippen molar-refractivity contribution in [2.45, 2.75) is 25.5 Å². The summed E-state index contributed by atoms with van der Waals surface area (Å²) in [6.07, 6.45) is -0.813. The van der Waals surface area contributed by atoms with Gasteiger partial charge in [-0.2, -0.15) is 0 Å². The highest BCUT2D eigenvalue weighted by atomic mass is 16.3. The molecule has 0 aromatic heterocycles. The van der Waals surface area contributed by atoms with Gasteiger partial charge in [-0.05, 0) is 31.5 Å². The molecular weight excluding hydrogens is 222 g/mol. The third-order valence-corrected chi connectivity index (χ3v) is 2.55. The lowest BCUT2D eigenvalue weighted by Gasteiger charge is -2.25. The highest BCUT2D eigenvalue weighted by Crippen LogP contribution is 2.27. The fourth-order valence-electron chi connectivity index (χ4n) is 1.29. The van der Waals surface area contributed by atoms with Gasteiger partial charge in [0.05, 0.1) is 12.7 Å². The van der Waals surface area contributed by atoms with Gasteiger partial charge in [-0.25, -0.2) is 0 Å². The Bertz CT molecular complexity index is 379. The number of aliphatic hydroxyl groups is 2. The van der Waals surface area contributed by atoms with Gasteiger partial charge in [-0.3, -0.25) is 0 Å². The van der Waals surface area contributed by atoms with Crippen LogP contribution in [0.2, 0.25) is 0 Å². The number of rotatable bonds is 5. The van der Waals surface area contributed by atoms with Crippen LogP contribution in [0.15, 0.2) is 18.2 Å². The number of hydrogen-bond acceptors (Lipinski definition) is 5. The molecule has 17 heavy (non-hydrogen) atoms. The van der Waals surface area contributed by atoms with Gasteiger partial charge in [-0.15, -0.1) is 0 Å². The van der Waals surface area contributed by atoms with E-state index in [4.69, 9.17) is 10.2 Å². The molecule has 5 N–H and O–H groups in total. The summed E-state index contributed by atoms with van der Waals surface area (Å²) in [6.45, 7) is 3.83. The quantitative estimate of drug-likeness (QED) is 0.484. The van der Waals surface area contributed by atoms with Crippen molar-refractivity contribution in [2.75, 3.05) is 13.2 Å². The Morgan fingerprint density at radius 1 is 1.24 bits per heavy atom. The molecule has 96 valence electrons. The molecular formula is C12H19NO4. The average molecular weight is 241 g/mol. The van der Waals surface area contributed by atoms with Gasteiger partial charge in [0.25, 0.3) is 0 Å². The number of aromatic hydroxyl groups is 2. The maximum atomic E-state index is 9.86. The van der Waals surface area contributed by atoms with E-state index in [1.807, 2.05) is 13.8 Å². The minimum Gasteiger partial charge on any atom is -0.504 e. The predicted octanol–water partition coefficient (Wildman–Crippen LogP) is 0.492. The van der Waals surface area contributed by atoms with E-state index in [1.165, 1.54) is 18.2 Å². The minimum atomic E-state index is -0.813. The molecule has 0 amide bonds. The van der Waals surface area contributed by atoms with Crippen LogP contribution in [0, 0.1) is 0 Å². The maximum Gasteiger partial charge on any atom is 0.157 e. The second-order valence-corrected chi connectivity index (χ2v) is 4.69. The van der Waals surface area contributed by atoms with Crippen molar-refractivity contribution in [3.05, 3.63) is 23.8 Å². The molecule has 1 aromatic carbocycles. The summed E-state index contributed by atoms with van der Waals surface area (Å²) >= 11 is 0. The third kappa shape index (κ3) is 3.89. The Hall–Kier alpha value is -1.30. The lowest BCUT2D eigenvalue weighted by atomic mass is 10.0. The van der Waals surface area contributed by atoms with Crippen LogP contribution >= 0.6 is 0 Å². The molecule has 0 radical (unpaired) electrons. The number of phenolic OH excluding ortho intramolecular Hbond substituents is 2. The van der Waals surface area contributed by atoms with Crippen LogP contribution in [0.3, 0.4) is 0 Å². The molecule has 1 aromatic rings. The molecule has 0 aliphatic rings. The van der Waals surface area contributed by atoms with Gasteiger partial charge < -0.3 is 25.7 Å². The molecule has 0 bridgehead atoms. The molecule has 1 unspecified atom stereocenters. The number of hydrogen-bond donors (Lipinski definition) is 5. The lowest BCUT2D eigenvalue weighted by molar-refractivity contribution is 0.136. The number of phenols is 2. The maximum absolute atomic E-state index is 9.86. The molecule has 0 saturated heterocycles. The van der Waals surface area contributed by atoms with E-state index in [0.29, 0.717) is 5.56 Å². The summed E-state index contributed by atoms with van der Waals surface area (Å²) in [5, 5.41) is 40.3.